The van der Waals surface area contributed by atoms with Gasteiger partial charge in [0.1, 0.15) is 0 Å². The van der Waals surface area contributed by atoms with Gasteiger partial charge in [0.05, 0.1) is 0 Å². The van der Waals surface area contributed by atoms with Crippen LogP contribution in [0.3, 0.4) is 0 Å². The number of benzene rings is 1. The number of hydrogen-bond donors (Lipinski definition) is 0. The van der Waals surface area contributed by atoms with Crippen molar-refractivity contribution in [2.75, 3.05) is 6.54 Å². The first kappa shape index (κ1) is 20.5. The first-order valence-corrected chi connectivity index (χ1v) is 11.5. The highest BCUT2D eigenvalue weighted by atomic mass is 15.1. The zero-order valence-electron chi connectivity index (χ0n) is 18.3. The molecule has 1 fully saturated rings. The van der Waals surface area contributed by atoms with Crippen LogP contribution in [-0.2, 0) is 6.54 Å². The number of unbranched alkanes of at least 4 members (excludes halogenated alkanes) is 4. The van der Waals surface area contributed by atoms with Crippen LogP contribution in [-0.4, -0.2) is 11.4 Å². The summed E-state index contributed by atoms with van der Waals surface area (Å²) in [5.74, 6) is 1.80. The van der Waals surface area contributed by atoms with E-state index in [9.17, 15) is 0 Å². The highest BCUT2D eigenvalue weighted by molar-refractivity contribution is 5.27. The Labute approximate surface area is 168 Å². The Morgan fingerprint density at radius 1 is 1.04 bits per heavy atom. The van der Waals surface area contributed by atoms with Crippen molar-refractivity contribution < 1.29 is 0 Å². The second-order valence-electron chi connectivity index (χ2n) is 9.69. The molecule has 0 N–H and O–H groups in total. The highest BCUT2D eigenvalue weighted by Crippen LogP contribution is 2.52. The van der Waals surface area contributed by atoms with E-state index >= 15 is 0 Å². The number of rotatable bonds is 10. The first-order valence-electron chi connectivity index (χ1n) is 11.5. The van der Waals surface area contributed by atoms with Crippen LogP contribution in [0.2, 0.25) is 0 Å². The maximum Gasteiger partial charge on any atom is 0.0426 e. The summed E-state index contributed by atoms with van der Waals surface area (Å²) >= 11 is 0. The van der Waals surface area contributed by atoms with Crippen LogP contribution >= 0.6 is 0 Å². The molecule has 1 atom stereocenters. The molecule has 150 valence electrons. The van der Waals surface area contributed by atoms with Gasteiger partial charge in [0.2, 0.25) is 0 Å². The van der Waals surface area contributed by atoms with Gasteiger partial charge < -0.3 is 4.90 Å². The molecule has 3 rings (SSSR count). The molecular formula is C26H41N. The highest BCUT2D eigenvalue weighted by Gasteiger charge is 2.42. The average molecular weight is 368 g/mol. The minimum atomic E-state index is 0.369. The van der Waals surface area contributed by atoms with Gasteiger partial charge >= 0.3 is 0 Å². The van der Waals surface area contributed by atoms with E-state index in [0.717, 1.165) is 18.4 Å². The van der Waals surface area contributed by atoms with E-state index in [4.69, 9.17) is 0 Å². The van der Waals surface area contributed by atoms with E-state index in [1.165, 1.54) is 69.9 Å². The van der Waals surface area contributed by atoms with Crippen molar-refractivity contribution in [1.29, 1.82) is 0 Å². The summed E-state index contributed by atoms with van der Waals surface area (Å²) in [6.07, 6.45) is 12.7. The molecule has 1 aromatic carbocycles. The molecule has 0 bridgehead atoms. The van der Waals surface area contributed by atoms with Gasteiger partial charge in [-0.1, -0.05) is 83.2 Å². The second kappa shape index (κ2) is 9.30. The molecule has 1 aromatic rings. The van der Waals surface area contributed by atoms with E-state index in [1.807, 2.05) is 5.57 Å². The Morgan fingerprint density at radius 3 is 2.41 bits per heavy atom. The van der Waals surface area contributed by atoms with Crippen LogP contribution in [0.15, 0.2) is 41.6 Å². The Kier molecular flexibility index (Phi) is 7.06. The fourth-order valence-corrected chi connectivity index (χ4v) is 5.23. The van der Waals surface area contributed by atoms with Crippen LogP contribution in [0.5, 0.6) is 0 Å². The predicted octanol–water partition coefficient (Wildman–Crippen LogP) is 7.58. The van der Waals surface area contributed by atoms with E-state index < -0.39 is 0 Å². The lowest BCUT2D eigenvalue weighted by atomic mass is 9.69. The van der Waals surface area contributed by atoms with Crippen LogP contribution in [0.1, 0.15) is 91.0 Å². The van der Waals surface area contributed by atoms with Crippen LogP contribution in [0.25, 0.3) is 0 Å². The Morgan fingerprint density at radius 2 is 1.74 bits per heavy atom. The van der Waals surface area contributed by atoms with Crippen LogP contribution < -0.4 is 0 Å². The molecule has 0 saturated heterocycles. The van der Waals surface area contributed by atoms with Crippen molar-refractivity contribution in [2.24, 2.45) is 17.3 Å². The molecule has 1 heteroatoms. The Bertz CT molecular complexity index is 608. The molecule has 1 aliphatic carbocycles. The lowest BCUT2D eigenvalue weighted by Gasteiger charge is -2.45. The van der Waals surface area contributed by atoms with Gasteiger partial charge in [-0.3, -0.25) is 0 Å². The van der Waals surface area contributed by atoms with Crippen LogP contribution in [0, 0.1) is 17.3 Å². The van der Waals surface area contributed by atoms with Gasteiger partial charge in [0, 0.05) is 18.8 Å². The standard InChI is InChI=1S/C26H41N/c1-5-6-7-8-12-15-24(23-16-17-23)25-21(2)27(19-18-26(25,3)4)20-22-13-10-9-11-14-22/h9-11,13-14,23-24H,5-8,12,15-20H2,1-4H3. The fraction of sp³-hybridized carbons (Fsp3) is 0.692. The zero-order chi connectivity index (χ0) is 19.3. The van der Waals surface area contributed by atoms with Crippen molar-refractivity contribution in [3.8, 4) is 0 Å². The van der Waals surface area contributed by atoms with Gasteiger partial charge in [-0.2, -0.15) is 0 Å². The summed E-state index contributed by atoms with van der Waals surface area (Å²) in [5, 5.41) is 0. The van der Waals surface area contributed by atoms with E-state index in [2.05, 4.69) is 62.9 Å². The molecule has 1 saturated carbocycles. The molecule has 0 spiro atoms. The van der Waals surface area contributed by atoms with Crippen LogP contribution in [0.4, 0.5) is 0 Å². The van der Waals surface area contributed by atoms with E-state index in [0.29, 0.717) is 5.41 Å². The summed E-state index contributed by atoms with van der Waals surface area (Å²) in [6.45, 7) is 12.0. The van der Waals surface area contributed by atoms with Crippen molar-refractivity contribution in [3.05, 3.63) is 47.2 Å². The molecule has 1 aliphatic heterocycles. The third-order valence-corrected chi connectivity index (χ3v) is 7.00. The molecule has 0 amide bonds. The second-order valence-corrected chi connectivity index (χ2v) is 9.69. The third-order valence-electron chi connectivity index (χ3n) is 7.00. The average Bonchev–Trinajstić information content (AvgIpc) is 3.48. The van der Waals surface area contributed by atoms with E-state index in [-0.39, 0.29) is 0 Å². The molecular weight excluding hydrogens is 326 g/mol. The molecule has 1 nitrogen and oxygen atoms in total. The molecule has 1 unspecified atom stereocenters. The topological polar surface area (TPSA) is 3.24 Å². The Hall–Kier alpha value is -1.24. The van der Waals surface area contributed by atoms with Crippen molar-refractivity contribution in [3.63, 3.8) is 0 Å². The van der Waals surface area contributed by atoms with Gasteiger partial charge in [-0.15, -0.1) is 0 Å². The number of hydrogen-bond acceptors (Lipinski definition) is 1. The summed E-state index contributed by atoms with van der Waals surface area (Å²) in [5.41, 5.74) is 5.22. The SMILES string of the molecule is CCCCCCCC(C1=C(C)N(Cc2ccccc2)CCC1(C)C)C1CC1. The Balaban J connectivity index is 1.75. The fourth-order valence-electron chi connectivity index (χ4n) is 5.23. The first-order chi connectivity index (χ1) is 13.0. The zero-order valence-corrected chi connectivity index (χ0v) is 18.3. The monoisotopic (exact) mass is 367 g/mol. The lowest BCUT2D eigenvalue weighted by molar-refractivity contribution is 0.204. The maximum absolute atomic E-state index is 2.67. The van der Waals surface area contributed by atoms with Crippen molar-refractivity contribution >= 4 is 0 Å². The van der Waals surface area contributed by atoms with Gasteiger partial charge in [0.15, 0.2) is 0 Å². The van der Waals surface area contributed by atoms with Gasteiger partial charge in [-0.05, 0) is 61.0 Å². The smallest absolute Gasteiger partial charge is 0.0426 e. The summed E-state index contributed by atoms with van der Waals surface area (Å²) in [6, 6.07) is 11.0. The van der Waals surface area contributed by atoms with Gasteiger partial charge in [0.25, 0.3) is 0 Å². The molecule has 1 heterocycles. The summed E-state index contributed by atoms with van der Waals surface area (Å²) < 4.78 is 0. The third kappa shape index (κ3) is 5.39. The normalized spacial score (nSPS) is 20.8. The minimum absolute atomic E-state index is 0.369. The van der Waals surface area contributed by atoms with Crippen molar-refractivity contribution in [1.82, 2.24) is 4.90 Å². The minimum Gasteiger partial charge on any atom is -0.371 e. The number of nitrogens with zero attached hydrogens (tertiary/aromatic N) is 1. The molecule has 2 aliphatic rings. The number of allylic oxidation sites excluding steroid dienone is 2. The molecule has 0 radical (unpaired) electrons. The quantitative estimate of drug-likeness (QED) is 0.385. The summed E-state index contributed by atoms with van der Waals surface area (Å²) in [7, 11) is 0. The van der Waals surface area contributed by atoms with Crippen molar-refractivity contribution in [2.45, 2.75) is 92.0 Å². The predicted molar refractivity (Wildman–Crippen MR) is 118 cm³/mol. The van der Waals surface area contributed by atoms with E-state index in [1.54, 1.807) is 5.70 Å². The maximum atomic E-state index is 2.67. The summed E-state index contributed by atoms with van der Waals surface area (Å²) in [4.78, 5) is 2.67. The molecule has 0 aromatic heterocycles. The largest absolute Gasteiger partial charge is 0.371 e. The molecule has 27 heavy (non-hydrogen) atoms. The lowest BCUT2D eigenvalue weighted by Crippen LogP contribution is -2.38. The van der Waals surface area contributed by atoms with Gasteiger partial charge in [-0.25, -0.2) is 0 Å².